The van der Waals surface area contributed by atoms with Crippen molar-refractivity contribution in [2.45, 2.75) is 45.8 Å². The number of halogens is 3. The van der Waals surface area contributed by atoms with Crippen molar-refractivity contribution in [1.29, 1.82) is 0 Å². The van der Waals surface area contributed by atoms with Crippen molar-refractivity contribution in [1.82, 2.24) is 19.7 Å². The maximum Gasteiger partial charge on any atom is 0.408 e. The molecule has 1 amide bonds. The number of alkyl halides is 3. The molecule has 1 aliphatic heterocycles. The summed E-state index contributed by atoms with van der Waals surface area (Å²) in [5.41, 5.74) is 2.65. The second-order valence-corrected chi connectivity index (χ2v) is 8.24. The van der Waals surface area contributed by atoms with E-state index in [1.165, 1.54) is 31.5 Å². The Morgan fingerprint density at radius 2 is 1.89 bits per heavy atom. The fraction of sp³-hybridized carbons (Fsp3) is 0.391. The lowest BCUT2D eigenvalue weighted by Gasteiger charge is -2.25. The molecule has 0 aliphatic carbocycles. The third-order valence-corrected chi connectivity index (χ3v) is 5.31. The van der Waals surface area contributed by atoms with Crippen LogP contribution >= 0.6 is 0 Å². The number of anilines is 1. The third-order valence-electron chi connectivity index (χ3n) is 5.31. The SMILES string of the molecule is COc1cc(-c2cc(C)c3c(n2)C(OC(C)C)N(c2cnn(CC(F)(F)F)c2)C3=O)cnc1OC. The van der Waals surface area contributed by atoms with Gasteiger partial charge in [0.15, 0.2) is 12.0 Å². The molecule has 9 nitrogen and oxygen atoms in total. The lowest BCUT2D eigenvalue weighted by atomic mass is 10.0. The standard InChI is InChI=1S/C23H24F3N5O4/c1-12(2)35-22-19-18(21(32)31(22)15-9-28-30(10-15)11-23(24,25)26)13(3)6-16(29-19)14-7-17(33-4)20(34-5)27-8-14/h6-10,12,22H,11H2,1-5H3. The van der Waals surface area contributed by atoms with E-state index in [1.807, 2.05) is 0 Å². The van der Waals surface area contributed by atoms with E-state index in [9.17, 15) is 18.0 Å². The summed E-state index contributed by atoms with van der Waals surface area (Å²) in [5, 5.41) is 3.77. The van der Waals surface area contributed by atoms with E-state index in [0.717, 1.165) is 4.68 Å². The van der Waals surface area contributed by atoms with Crippen molar-refractivity contribution in [3.05, 3.63) is 47.5 Å². The average molecular weight is 491 g/mol. The number of nitrogens with zero attached hydrogens (tertiary/aromatic N) is 5. The lowest BCUT2D eigenvalue weighted by Crippen LogP contribution is -2.31. The minimum atomic E-state index is -4.45. The van der Waals surface area contributed by atoms with Gasteiger partial charge in [0.1, 0.15) is 12.2 Å². The molecule has 0 saturated heterocycles. The van der Waals surface area contributed by atoms with Crippen molar-refractivity contribution < 1.29 is 32.2 Å². The van der Waals surface area contributed by atoms with Crippen LogP contribution in [0.1, 0.15) is 41.7 Å². The van der Waals surface area contributed by atoms with Gasteiger partial charge in [0, 0.05) is 18.0 Å². The molecule has 1 unspecified atom stereocenters. The van der Waals surface area contributed by atoms with Gasteiger partial charge in [0.2, 0.25) is 0 Å². The Bertz CT molecular complexity index is 1260. The first kappa shape index (κ1) is 24.5. The highest BCUT2D eigenvalue weighted by atomic mass is 19.4. The van der Waals surface area contributed by atoms with Gasteiger partial charge in [-0.05, 0) is 38.5 Å². The number of aryl methyl sites for hydroxylation is 1. The number of methoxy groups -OCH3 is 2. The second kappa shape index (κ2) is 9.17. The number of ether oxygens (including phenoxy) is 3. The number of carbonyl (C=O) groups is 1. The van der Waals surface area contributed by atoms with Crippen LogP contribution in [0.2, 0.25) is 0 Å². The van der Waals surface area contributed by atoms with Crippen LogP contribution in [-0.4, -0.2) is 52.2 Å². The predicted octanol–water partition coefficient (Wildman–Crippen LogP) is 4.31. The molecule has 0 radical (unpaired) electrons. The van der Waals surface area contributed by atoms with Gasteiger partial charge in [-0.1, -0.05) is 0 Å². The molecule has 0 aromatic carbocycles. The Kier molecular flexibility index (Phi) is 6.41. The second-order valence-electron chi connectivity index (χ2n) is 8.24. The molecule has 0 N–H and O–H groups in total. The highest BCUT2D eigenvalue weighted by molar-refractivity contribution is 6.11. The summed E-state index contributed by atoms with van der Waals surface area (Å²) in [6.45, 7) is 4.08. The van der Waals surface area contributed by atoms with Crippen molar-refractivity contribution in [3.8, 4) is 22.9 Å². The maximum atomic E-state index is 13.4. The van der Waals surface area contributed by atoms with Crippen LogP contribution in [0, 0.1) is 6.92 Å². The normalized spacial score (nSPS) is 15.6. The summed E-state index contributed by atoms with van der Waals surface area (Å²) < 4.78 is 55.8. The minimum absolute atomic E-state index is 0.177. The molecule has 186 valence electrons. The quantitative estimate of drug-likeness (QED) is 0.486. The van der Waals surface area contributed by atoms with Gasteiger partial charge < -0.3 is 14.2 Å². The number of hydrogen-bond donors (Lipinski definition) is 0. The fourth-order valence-electron chi connectivity index (χ4n) is 3.91. The molecule has 4 rings (SSSR count). The van der Waals surface area contributed by atoms with Gasteiger partial charge in [-0.2, -0.15) is 18.3 Å². The molecule has 1 aliphatic rings. The summed E-state index contributed by atoms with van der Waals surface area (Å²) in [5.74, 6) is 0.293. The molecule has 0 spiro atoms. The number of carbonyl (C=O) groups excluding carboxylic acids is 1. The zero-order valence-corrected chi connectivity index (χ0v) is 19.8. The van der Waals surface area contributed by atoms with Crippen molar-refractivity contribution in [2.24, 2.45) is 0 Å². The molecular weight excluding hydrogens is 467 g/mol. The van der Waals surface area contributed by atoms with Gasteiger partial charge in [-0.15, -0.1) is 0 Å². The summed E-state index contributed by atoms with van der Waals surface area (Å²) >= 11 is 0. The van der Waals surface area contributed by atoms with Gasteiger partial charge in [0.05, 0.1) is 43.5 Å². The highest BCUT2D eigenvalue weighted by Crippen LogP contribution is 2.41. The van der Waals surface area contributed by atoms with Crippen LogP contribution < -0.4 is 14.4 Å². The summed E-state index contributed by atoms with van der Waals surface area (Å²) in [6, 6.07) is 3.46. The molecule has 4 heterocycles. The number of pyridine rings is 2. The number of fused-ring (bicyclic) bond motifs is 1. The third kappa shape index (κ3) is 4.78. The van der Waals surface area contributed by atoms with Crippen molar-refractivity contribution in [3.63, 3.8) is 0 Å². The topological polar surface area (TPSA) is 91.6 Å². The molecule has 35 heavy (non-hydrogen) atoms. The predicted molar refractivity (Wildman–Crippen MR) is 119 cm³/mol. The number of aromatic nitrogens is 4. The Morgan fingerprint density at radius 3 is 2.51 bits per heavy atom. The maximum absolute atomic E-state index is 13.4. The number of rotatable bonds is 7. The van der Waals surface area contributed by atoms with E-state index in [0.29, 0.717) is 39.7 Å². The highest BCUT2D eigenvalue weighted by Gasteiger charge is 2.43. The van der Waals surface area contributed by atoms with Crippen LogP contribution in [0.4, 0.5) is 18.9 Å². The molecule has 0 saturated carbocycles. The van der Waals surface area contributed by atoms with Crippen LogP contribution in [0.25, 0.3) is 11.3 Å². The van der Waals surface area contributed by atoms with E-state index in [-0.39, 0.29) is 11.8 Å². The van der Waals surface area contributed by atoms with Crippen LogP contribution in [0.3, 0.4) is 0 Å². The van der Waals surface area contributed by atoms with Crippen LogP contribution in [0.15, 0.2) is 30.7 Å². The molecular formula is C23H24F3N5O4. The van der Waals surface area contributed by atoms with Gasteiger partial charge in [-0.3, -0.25) is 14.4 Å². The summed E-state index contributed by atoms with van der Waals surface area (Å²) in [7, 11) is 2.97. The zero-order valence-electron chi connectivity index (χ0n) is 19.8. The van der Waals surface area contributed by atoms with E-state index in [2.05, 4.69) is 10.1 Å². The summed E-state index contributed by atoms with van der Waals surface area (Å²) in [4.78, 5) is 23.7. The molecule has 3 aromatic rings. The Morgan fingerprint density at radius 1 is 1.14 bits per heavy atom. The molecule has 0 fully saturated rings. The first-order valence-corrected chi connectivity index (χ1v) is 10.7. The zero-order chi connectivity index (χ0) is 25.5. The van der Waals surface area contributed by atoms with Gasteiger partial charge >= 0.3 is 6.18 Å². The lowest BCUT2D eigenvalue weighted by molar-refractivity contribution is -0.142. The van der Waals surface area contributed by atoms with Crippen LogP contribution in [-0.2, 0) is 11.3 Å². The van der Waals surface area contributed by atoms with Crippen molar-refractivity contribution >= 4 is 11.6 Å². The van der Waals surface area contributed by atoms with Gasteiger partial charge in [0.25, 0.3) is 11.8 Å². The van der Waals surface area contributed by atoms with Gasteiger partial charge in [-0.25, -0.2) is 9.97 Å². The monoisotopic (exact) mass is 491 g/mol. The van der Waals surface area contributed by atoms with E-state index >= 15 is 0 Å². The summed E-state index contributed by atoms with van der Waals surface area (Å²) in [6.07, 6.45) is -1.75. The van der Waals surface area contributed by atoms with Crippen LogP contribution in [0.5, 0.6) is 11.6 Å². The molecule has 0 bridgehead atoms. The molecule has 1 atom stereocenters. The molecule has 12 heteroatoms. The van der Waals surface area contributed by atoms with E-state index in [1.54, 1.807) is 39.1 Å². The van der Waals surface area contributed by atoms with Crippen molar-refractivity contribution in [2.75, 3.05) is 19.1 Å². The first-order valence-electron chi connectivity index (χ1n) is 10.7. The first-order chi connectivity index (χ1) is 16.5. The molecule has 3 aromatic heterocycles. The fourth-order valence-corrected chi connectivity index (χ4v) is 3.91. The average Bonchev–Trinajstić information content (AvgIpc) is 3.33. The Hall–Kier alpha value is -3.67. The van der Waals surface area contributed by atoms with E-state index < -0.39 is 24.9 Å². The Labute approximate surface area is 199 Å². The number of amides is 1. The largest absolute Gasteiger partial charge is 0.491 e. The smallest absolute Gasteiger partial charge is 0.408 e. The Balaban J connectivity index is 1.79. The van der Waals surface area contributed by atoms with E-state index in [4.69, 9.17) is 19.2 Å². The minimum Gasteiger partial charge on any atom is -0.491 e. The number of hydrogen-bond acceptors (Lipinski definition) is 7.